The predicted octanol–water partition coefficient (Wildman–Crippen LogP) is 6.30. The first-order chi connectivity index (χ1) is 17.0. The summed E-state index contributed by atoms with van der Waals surface area (Å²) in [6.07, 6.45) is 5.95. The number of ether oxygens (including phenoxy) is 1. The molecule has 1 fully saturated rings. The standard InChI is InChI=1S/C30H35N3O2.H2/c1-5-24-25-8-6-7-9-26(25)30(34)32(3)28-19-31-22(17-27(24)28)16-21-10-11-23(18-29(21)35-4)33-14-12-20(2)13-15-33;/h6-11,17-20,24H,5,12-16H2,1-4H3;1H. The van der Waals surface area contributed by atoms with Gasteiger partial charge in [0.2, 0.25) is 0 Å². The number of amides is 1. The Labute approximate surface area is 210 Å². The monoisotopic (exact) mass is 471 g/mol. The fourth-order valence-electron chi connectivity index (χ4n) is 5.60. The molecule has 35 heavy (non-hydrogen) atoms. The van der Waals surface area contributed by atoms with E-state index < -0.39 is 0 Å². The minimum Gasteiger partial charge on any atom is -0.496 e. The fraction of sp³-hybridized carbons (Fsp3) is 0.400. The molecule has 0 aliphatic carbocycles. The third kappa shape index (κ3) is 4.40. The van der Waals surface area contributed by atoms with E-state index in [1.165, 1.54) is 18.5 Å². The maximum Gasteiger partial charge on any atom is 0.258 e. The summed E-state index contributed by atoms with van der Waals surface area (Å²) in [5.41, 5.74) is 7.28. The molecule has 5 rings (SSSR count). The van der Waals surface area contributed by atoms with Gasteiger partial charge in [-0.05, 0) is 54.5 Å². The zero-order chi connectivity index (χ0) is 24.5. The van der Waals surface area contributed by atoms with Crippen LogP contribution in [-0.2, 0) is 6.42 Å². The number of nitrogens with zero attached hydrogens (tertiary/aromatic N) is 3. The van der Waals surface area contributed by atoms with Gasteiger partial charge in [0.1, 0.15) is 5.75 Å². The van der Waals surface area contributed by atoms with E-state index in [9.17, 15) is 4.79 Å². The van der Waals surface area contributed by atoms with E-state index in [0.29, 0.717) is 6.42 Å². The Hall–Kier alpha value is -3.34. The van der Waals surface area contributed by atoms with Crippen molar-refractivity contribution in [2.45, 2.75) is 45.4 Å². The van der Waals surface area contributed by atoms with Crippen LogP contribution in [0, 0.1) is 5.92 Å². The molecule has 0 N–H and O–H groups in total. The minimum absolute atomic E-state index is 0. The molecule has 2 aromatic carbocycles. The quantitative estimate of drug-likeness (QED) is 0.438. The normalized spacial score (nSPS) is 18.2. The maximum atomic E-state index is 13.2. The number of aromatic nitrogens is 1. The van der Waals surface area contributed by atoms with Crippen LogP contribution >= 0.6 is 0 Å². The Morgan fingerprint density at radius 3 is 2.60 bits per heavy atom. The molecule has 1 atom stereocenters. The van der Waals surface area contributed by atoms with Crippen molar-refractivity contribution >= 4 is 17.3 Å². The molecule has 1 aromatic heterocycles. The largest absolute Gasteiger partial charge is 0.496 e. The topological polar surface area (TPSA) is 45.7 Å². The Balaban J connectivity index is 0.00000304. The SMILES string of the molecule is CCC1c2ccccc2C(=O)N(C)c2cnc(Cc3ccc(N4CCC(C)CC4)cc3OC)cc21.[HH]. The van der Waals surface area contributed by atoms with Crippen LogP contribution < -0.4 is 14.5 Å². The second kappa shape index (κ2) is 9.73. The van der Waals surface area contributed by atoms with Gasteiger partial charge in [0, 0.05) is 62.5 Å². The first-order valence-electron chi connectivity index (χ1n) is 12.8. The van der Waals surface area contributed by atoms with Gasteiger partial charge in [-0.15, -0.1) is 0 Å². The van der Waals surface area contributed by atoms with Gasteiger partial charge in [-0.1, -0.05) is 38.1 Å². The molecule has 2 aliphatic heterocycles. The number of methoxy groups -OCH3 is 1. The summed E-state index contributed by atoms with van der Waals surface area (Å²) in [5, 5.41) is 0. The molecule has 1 unspecified atom stereocenters. The van der Waals surface area contributed by atoms with E-state index in [1.807, 2.05) is 31.4 Å². The van der Waals surface area contributed by atoms with E-state index >= 15 is 0 Å². The summed E-state index contributed by atoms with van der Waals surface area (Å²) in [6.45, 7) is 6.72. The Morgan fingerprint density at radius 1 is 1.09 bits per heavy atom. The molecule has 0 bridgehead atoms. The van der Waals surface area contributed by atoms with Crippen LogP contribution in [0.3, 0.4) is 0 Å². The molecule has 2 aliphatic rings. The molecule has 5 heteroatoms. The van der Waals surface area contributed by atoms with E-state index in [2.05, 4.69) is 49.1 Å². The second-order valence-corrected chi connectivity index (χ2v) is 9.99. The van der Waals surface area contributed by atoms with Crippen molar-refractivity contribution in [3.63, 3.8) is 0 Å². The molecule has 1 amide bonds. The first-order valence-corrected chi connectivity index (χ1v) is 12.8. The number of hydrogen-bond donors (Lipinski definition) is 0. The third-order valence-corrected chi connectivity index (χ3v) is 7.78. The van der Waals surface area contributed by atoms with Crippen molar-refractivity contribution in [1.82, 2.24) is 4.98 Å². The number of carbonyl (C=O) groups excluding carboxylic acids is 1. The Kier molecular flexibility index (Phi) is 6.50. The van der Waals surface area contributed by atoms with Crippen molar-refractivity contribution in [2.75, 3.05) is 37.0 Å². The van der Waals surface area contributed by atoms with Gasteiger partial charge in [-0.3, -0.25) is 9.78 Å². The van der Waals surface area contributed by atoms with Crippen LogP contribution in [0.1, 0.15) is 73.2 Å². The number of rotatable bonds is 5. The van der Waals surface area contributed by atoms with Crippen LogP contribution in [0.25, 0.3) is 0 Å². The average molecular weight is 472 g/mol. The van der Waals surface area contributed by atoms with Crippen LogP contribution in [0.15, 0.2) is 54.7 Å². The molecule has 1 saturated heterocycles. The summed E-state index contributed by atoms with van der Waals surface area (Å²) in [4.78, 5) is 22.2. The summed E-state index contributed by atoms with van der Waals surface area (Å²) >= 11 is 0. The summed E-state index contributed by atoms with van der Waals surface area (Å²) < 4.78 is 5.82. The van der Waals surface area contributed by atoms with E-state index in [-0.39, 0.29) is 13.3 Å². The lowest BCUT2D eigenvalue weighted by atomic mass is 9.86. The number of benzene rings is 2. The third-order valence-electron chi connectivity index (χ3n) is 7.78. The molecule has 5 nitrogen and oxygen atoms in total. The molecule has 0 radical (unpaired) electrons. The lowest BCUT2D eigenvalue weighted by Crippen LogP contribution is -2.32. The van der Waals surface area contributed by atoms with Crippen LogP contribution in [0.2, 0.25) is 0 Å². The van der Waals surface area contributed by atoms with Gasteiger partial charge in [-0.25, -0.2) is 0 Å². The molecule has 184 valence electrons. The summed E-state index contributed by atoms with van der Waals surface area (Å²) in [6, 6.07) is 16.8. The van der Waals surface area contributed by atoms with Gasteiger partial charge in [0.05, 0.1) is 19.0 Å². The second-order valence-electron chi connectivity index (χ2n) is 9.99. The van der Waals surface area contributed by atoms with Crippen LogP contribution in [0.4, 0.5) is 11.4 Å². The van der Waals surface area contributed by atoms with Gasteiger partial charge in [0.15, 0.2) is 0 Å². The number of fused-ring (bicyclic) bond motifs is 2. The van der Waals surface area contributed by atoms with Gasteiger partial charge >= 0.3 is 0 Å². The highest BCUT2D eigenvalue weighted by molar-refractivity contribution is 6.08. The van der Waals surface area contributed by atoms with Gasteiger partial charge in [0.25, 0.3) is 5.91 Å². The predicted molar refractivity (Wildman–Crippen MR) is 144 cm³/mol. The van der Waals surface area contributed by atoms with Crippen molar-refractivity contribution < 1.29 is 11.0 Å². The number of anilines is 2. The Bertz CT molecular complexity index is 1240. The van der Waals surface area contributed by atoms with Gasteiger partial charge < -0.3 is 14.5 Å². The highest BCUT2D eigenvalue weighted by atomic mass is 16.5. The highest BCUT2D eigenvalue weighted by Crippen LogP contribution is 2.40. The number of hydrogen-bond acceptors (Lipinski definition) is 4. The maximum absolute atomic E-state index is 13.2. The molecule has 0 saturated carbocycles. The van der Waals surface area contributed by atoms with Crippen molar-refractivity contribution in [1.29, 1.82) is 0 Å². The average Bonchev–Trinajstić information content (AvgIpc) is 2.97. The van der Waals surface area contributed by atoms with Crippen molar-refractivity contribution in [2.24, 2.45) is 5.92 Å². The molecule has 3 aromatic rings. The number of piperidine rings is 1. The smallest absolute Gasteiger partial charge is 0.258 e. The van der Waals surface area contributed by atoms with Crippen LogP contribution in [-0.4, -0.2) is 38.1 Å². The highest BCUT2D eigenvalue weighted by Gasteiger charge is 2.30. The molecule has 3 heterocycles. The summed E-state index contributed by atoms with van der Waals surface area (Å²) in [5.74, 6) is 1.89. The minimum atomic E-state index is 0. The summed E-state index contributed by atoms with van der Waals surface area (Å²) in [7, 11) is 3.59. The lowest BCUT2D eigenvalue weighted by molar-refractivity contribution is 0.0993. The number of pyridine rings is 1. The lowest BCUT2D eigenvalue weighted by Gasteiger charge is -2.32. The zero-order valence-corrected chi connectivity index (χ0v) is 21.3. The van der Waals surface area contributed by atoms with Crippen molar-refractivity contribution in [3.8, 4) is 5.75 Å². The van der Waals surface area contributed by atoms with Crippen molar-refractivity contribution in [3.05, 3.63) is 82.7 Å². The van der Waals surface area contributed by atoms with Gasteiger partial charge in [-0.2, -0.15) is 0 Å². The van der Waals surface area contributed by atoms with Crippen LogP contribution in [0.5, 0.6) is 5.75 Å². The number of carbonyl (C=O) groups is 1. The fourth-order valence-corrected chi connectivity index (χ4v) is 5.60. The first kappa shape index (κ1) is 23.4. The molecule has 0 spiro atoms. The molecular weight excluding hydrogens is 434 g/mol. The van der Waals surface area contributed by atoms with E-state index in [0.717, 1.165) is 64.8 Å². The zero-order valence-electron chi connectivity index (χ0n) is 21.3. The van der Waals surface area contributed by atoms with E-state index in [4.69, 9.17) is 9.72 Å². The molecular formula is C30H37N3O2. The Morgan fingerprint density at radius 2 is 1.86 bits per heavy atom. The van der Waals surface area contributed by atoms with E-state index in [1.54, 1.807) is 12.0 Å².